The largest absolute Gasteiger partial charge is 0.472 e. The number of esters is 2. The maximum Gasteiger partial charge on any atom is 0.472 e. The van der Waals surface area contributed by atoms with Crippen LogP contribution in [0.3, 0.4) is 0 Å². The van der Waals surface area contributed by atoms with E-state index in [4.69, 9.17) is 23.8 Å². The van der Waals surface area contributed by atoms with E-state index in [1.165, 1.54) is 83.5 Å². The third kappa shape index (κ3) is 30.0. The van der Waals surface area contributed by atoms with E-state index in [0.29, 0.717) is 25.0 Å². The lowest BCUT2D eigenvalue weighted by Gasteiger charge is -2.20. The Bertz CT molecular complexity index is 946. The molecule has 3 N–H and O–H groups in total. The summed E-state index contributed by atoms with van der Waals surface area (Å²) in [7, 11) is -4.62. The topological polar surface area (TPSA) is 161 Å². The van der Waals surface area contributed by atoms with Crippen molar-refractivity contribution in [3.05, 3.63) is 12.2 Å². The molecule has 11 nitrogen and oxygen atoms in total. The number of aliphatic hydroxyl groups is 2. The van der Waals surface area contributed by atoms with Crippen molar-refractivity contribution in [1.29, 1.82) is 0 Å². The van der Waals surface area contributed by atoms with Gasteiger partial charge in [-0.05, 0) is 38.5 Å². The van der Waals surface area contributed by atoms with E-state index < -0.39 is 51.8 Å². The van der Waals surface area contributed by atoms with Crippen LogP contribution in [-0.2, 0) is 37.4 Å². The van der Waals surface area contributed by atoms with Gasteiger partial charge in [-0.25, -0.2) is 4.57 Å². The van der Waals surface area contributed by atoms with Crippen molar-refractivity contribution in [1.82, 2.24) is 0 Å². The Morgan fingerprint density at radius 3 is 1.79 bits per heavy atom. The van der Waals surface area contributed by atoms with Gasteiger partial charge in [-0.2, -0.15) is 0 Å². The van der Waals surface area contributed by atoms with Crippen LogP contribution in [0.1, 0.15) is 181 Å². The second-order valence-electron chi connectivity index (χ2n) is 14.4. The number of rotatable bonds is 38. The van der Waals surface area contributed by atoms with Crippen molar-refractivity contribution in [2.24, 2.45) is 0 Å². The van der Waals surface area contributed by atoms with Crippen molar-refractivity contribution in [3.8, 4) is 0 Å². The number of phosphoric ester groups is 1. The Balaban J connectivity index is 2.26. The molecule has 1 heterocycles. The molecule has 0 aromatic heterocycles. The van der Waals surface area contributed by atoms with Crippen LogP contribution in [0.4, 0.5) is 0 Å². The zero-order valence-electron chi connectivity index (χ0n) is 32.7. The minimum atomic E-state index is -4.62. The summed E-state index contributed by atoms with van der Waals surface area (Å²) in [5.74, 6) is -0.940. The minimum absolute atomic E-state index is 0.167. The summed E-state index contributed by atoms with van der Waals surface area (Å²) in [5, 5.41) is 18.3. The number of hydrogen-bond donors (Lipinski definition) is 3. The van der Waals surface area contributed by atoms with Gasteiger partial charge >= 0.3 is 19.8 Å². The number of allylic oxidation sites excluding steroid dienone is 1. The molecular formula is C40H75O11P. The van der Waals surface area contributed by atoms with Gasteiger partial charge in [-0.1, -0.05) is 142 Å². The average molecular weight is 763 g/mol. The first-order valence-electron chi connectivity index (χ1n) is 20.8. The van der Waals surface area contributed by atoms with Gasteiger partial charge in [0.15, 0.2) is 6.10 Å². The first-order chi connectivity index (χ1) is 25.2. The van der Waals surface area contributed by atoms with Gasteiger partial charge in [0.2, 0.25) is 0 Å². The molecule has 0 bridgehead atoms. The zero-order valence-corrected chi connectivity index (χ0v) is 33.6. The highest BCUT2D eigenvalue weighted by Crippen LogP contribution is 2.43. The van der Waals surface area contributed by atoms with Gasteiger partial charge < -0.3 is 29.3 Å². The molecule has 0 aliphatic carbocycles. The summed E-state index contributed by atoms with van der Waals surface area (Å²) < 4.78 is 38.4. The molecule has 52 heavy (non-hydrogen) atoms. The molecule has 1 rings (SSSR count). The van der Waals surface area contributed by atoms with Crippen LogP contribution in [0.15, 0.2) is 12.2 Å². The molecular weight excluding hydrogens is 687 g/mol. The Kier molecular flexibility index (Phi) is 30.9. The number of phosphoric acid groups is 1. The Labute approximate surface area is 315 Å². The molecule has 1 fully saturated rings. The minimum Gasteiger partial charge on any atom is -0.462 e. The fraction of sp³-hybridized carbons (Fsp3) is 0.900. The van der Waals surface area contributed by atoms with Crippen LogP contribution in [-0.4, -0.2) is 77.9 Å². The van der Waals surface area contributed by atoms with Crippen LogP contribution in [0.25, 0.3) is 0 Å². The number of carbonyl (C=O) groups excluding carboxylic acids is 2. The molecule has 5 unspecified atom stereocenters. The Morgan fingerprint density at radius 1 is 0.673 bits per heavy atom. The number of aliphatic hydroxyl groups excluding tert-OH is 2. The molecule has 0 aromatic carbocycles. The van der Waals surface area contributed by atoms with Gasteiger partial charge in [0.25, 0.3) is 0 Å². The van der Waals surface area contributed by atoms with Crippen molar-refractivity contribution in [2.45, 2.75) is 205 Å². The Morgan fingerprint density at radius 2 is 1.19 bits per heavy atom. The fourth-order valence-corrected chi connectivity index (χ4v) is 6.79. The summed E-state index contributed by atoms with van der Waals surface area (Å²) in [6, 6.07) is 0. The number of epoxide rings is 1. The molecule has 1 aliphatic rings. The predicted octanol–water partition coefficient (Wildman–Crippen LogP) is 9.43. The number of hydrogen-bond acceptors (Lipinski definition) is 10. The summed E-state index contributed by atoms with van der Waals surface area (Å²) in [5.41, 5.74) is 0. The zero-order chi connectivity index (χ0) is 38.1. The third-order valence-corrected chi connectivity index (χ3v) is 10.3. The molecule has 0 amide bonds. The standard InChI is InChI=1S/C40H75O11P/c1-3-5-7-8-9-10-11-12-13-14-18-21-25-29-39(43)47-33-36(34-49-52(45,46)48-32-35(42)31-41)50-40(44)30-26-22-19-16-15-17-20-24-28-38-37(51-38)27-23-6-4-2/h20,24,35-38,41-42H,3-19,21-23,25-34H2,1-2H3,(H,45,46)/b24-20-. The SMILES string of the molecule is CCCCCCCCCCCCCCCC(=O)OCC(COP(=O)(O)OCC(O)CO)OC(=O)CCCCCCC/C=C\CC1OC1CCCCC. The number of carbonyl (C=O) groups is 2. The molecule has 5 atom stereocenters. The average Bonchev–Trinajstić information content (AvgIpc) is 3.88. The third-order valence-electron chi connectivity index (χ3n) is 9.34. The summed E-state index contributed by atoms with van der Waals surface area (Å²) >= 11 is 0. The van der Waals surface area contributed by atoms with Crippen LogP contribution >= 0.6 is 7.82 Å². The van der Waals surface area contributed by atoms with E-state index in [-0.39, 0.29) is 19.4 Å². The van der Waals surface area contributed by atoms with Gasteiger partial charge in [0.05, 0.1) is 32.0 Å². The van der Waals surface area contributed by atoms with Crippen LogP contribution in [0.5, 0.6) is 0 Å². The molecule has 0 spiro atoms. The van der Waals surface area contributed by atoms with Gasteiger partial charge in [-0.15, -0.1) is 0 Å². The van der Waals surface area contributed by atoms with Crippen LogP contribution < -0.4 is 0 Å². The smallest absolute Gasteiger partial charge is 0.462 e. The summed E-state index contributed by atoms with van der Waals surface area (Å²) in [6.07, 6.45) is 30.6. The number of ether oxygens (including phenoxy) is 3. The first-order valence-corrected chi connectivity index (χ1v) is 22.3. The molecule has 1 aliphatic heterocycles. The van der Waals surface area contributed by atoms with E-state index in [1.807, 2.05) is 0 Å². The van der Waals surface area contributed by atoms with E-state index in [2.05, 4.69) is 30.5 Å². The molecule has 306 valence electrons. The molecule has 0 saturated carbocycles. The maximum absolute atomic E-state index is 12.6. The lowest BCUT2D eigenvalue weighted by Crippen LogP contribution is -2.29. The van der Waals surface area contributed by atoms with E-state index in [1.54, 1.807) is 0 Å². The molecule has 1 saturated heterocycles. The monoisotopic (exact) mass is 763 g/mol. The molecule has 0 radical (unpaired) electrons. The predicted molar refractivity (Wildman–Crippen MR) is 205 cm³/mol. The highest BCUT2D eigenvalue weighted by atomic mass is 31.2. The highest BCUT2D eigenvalue weighted by Gasteiger charge is 2.36. The maximum atomic E-state index is 12.6. The quantitative estimate of drug-likeness (QED) is 0.0181. The van der Waals surface area contributed by atoms with Crippen molar-refractivity contribution in [2.75, 3.05) is 26.4 Å². The molecule has 0 aromatic rings. The first kappa shape index (κ1) is 48.7. The second-order valence-corrected chi connectivity index (χ2v) is 15.9. The highest BCUT2D eigenvalue weighted by molar-refractivity contribution is 7.47. The normalized spacial score (nSPS) is 17.9. The second kappa shape index (κ2) is 33.0. The molecule has 12 heteroatoms. The van der Waals surface area contributed by atoms with Crippen molar-refractivity contribution >= 4 is 19.8 Å². The summed E-state index contributed by atoms with van der Waals surface area (Å²) in [4.78, 5) is 34.9. The summed E-state index contributed by atoms with van der Waals surface area (Å²) in [6.45, 7) is 2.33. The van der Waals surface area contributed by atoms with Gasteiger partial charge in [0, 0.05) is 12.8 Å². The van der Waals surface area contributed by atoms with Crippen LogP contribution in [0, 0.1) is 0 Å². The van der Waals surface area contributed by atoms with Crippen LogP contribution in [0.2, 0.25) is 0 Å². The van der Waals surface area contributed by atoms with Crippen molar-refractivity contribution < 1.29 is 52.5 Å². The van der Waals surface area contributed by atoms with Gasteiger partial charge in [0.1, 0.15) is 12.7 Å². The van der Waals surface area contributed by atoms with E-state index >= 15 is 0 Å². The lowest BCUT2D eigenvalue weighted by atomic mass is 10.0. The van der Waals surface area contributed by atoms with Crippen molar-refractivity contribution in [3.63, 3.8) is 0 Å². The Hall–Kier alpha value is -1.33. The number of unbranched alkanes of at least 4 members (excludes halogenated alkanes) is 19. The van der Waals surface area contributed by atoms with E-state index in [0.717, 1.165) is 57.8 Å². The van der Waals surface area contributed by atoms with Gasteiger partial charge in [-0.3, -0.25) is 18.6 Å². The lowest BCUT2D eigenvalue weighted by molar-refractivity contribution is -0.161. The fourth-order valence-electron chi connectivity index (χ4n) is 6.00. The van der Waals surface area contributed by atoms with E-state index in [9.17, 15) is 24.2 Å².